The van der Waals surface area contributed by atoms with Crippen LogP contribution in [0, 0.1) is 6.92 Å². The molecule has 4 nitrogen and oxygen atoms in total. The number of hydrogen-bond donors (Lipinski definition) is 1. The van der Waals surface area contributed by atoms with Gasteiger partial charge in [-0.25, -0.2) is 4.79 Å². The molecule has 0 unspecified atom stereocenters. The number of imidazole rings is 1. The molecule has 2 aromatic carbocycles. The lowest BCUT2D eigenvalue weighted by Gasteiger charge is -2.11. The highest BCUT2D eigenvalue weighted by Crippen LogP contribution is 2.38. The molecule has 0 saturated carbocycles. The molecule has 0 amide bonds. The summed E-state index contributed by atoms with van der Waals surface area (Å²) in [5.41, 5.74) is 2.92. The van der Waals surface area contributed by atoms with E-state index in [-0.39, 0.29) is 11.4 Å². The van der Waals surface area contributed by atoms with Gasteiger partial charge in [-0.15, -0.1) is 0 Å². The van der Waals surface area contributed by atoms with Crippen molar-refractivity contribution in [3.63, 3.8) is 0 Å². The van der Waals surface area contributed by atoms with Crippen molar-refractivity contribution in [3.8, 4) is 22.6 Å². The van der Waals surface area contributed by atoms with Crippen LogP contribution >= 0.6 is 27.5 Å². The maximum atomic E-state index is 12.0. The van der Waals surface area contributed by atoms with Crippen molar-refractivity contribution in [1.29, 1.82) is 0 Å². The van der Waals surface area contributed by atoms with Gasteiger partial charge in [0, 0.05) is 25.0 Å². The zero-order valence-corrected chi connectivity index (χ0v) is 14.9. The fraction of sp³-hybridized carbons (Fsp3) is 0.118. The molecule has 118 valence electrons. The lowest BCUT2D eigenvalue weighted by Crippen LogP contribution is -2.20. The van der Waals surface area contributed by atoms with Crippen LogP contribution in [-0.2, 0) is 7.05 Å². The summed E-state index contributed by atoms with van der Waals surface area (Å²) in [5.74, 6) is 0.163. The number of aromatic hydroxyl groups is 1. The van der Waals surface area contributed by atoms with Crippen LogP contribution in [0.25, 0.3) is 16.8 Å². The van der Waals surface area contributed by atoms with Gasteiger partial charge in [0.1, 0.15) is 5.75 Å². The van der Waals surface area contributed by atoms with Gasteiger partial charge in [-0.05, 0) is 58.2 Å². The van der Waals surface area contributed by atoms with Crippen molar-refractivity contribution >= 4 is 27.5 Å². The van der Waals surface area contributed by atoms with E-state index in [4.69, 9.17) is 11.6 Å². The third kappa shape index (κ3) is 2.82. The minimum atomic E-state index is -0.166. The standard InChI is InChI=1S/C17H14BrClN2O2/c1-10-7-12(16(22)13(18)8-10)11-3-4-15(14(19)9-11)21-6-5-20(2)17(21)23/h3-9,22H,1-2H3. The number of benzene rings is 2. The Balaban J connectivity index is 2.14. The Kier molecular flexibility index (Phi) is 4.08. The molecular weight excluding hydrogens is 380 g/mol. The number of hydrogen-bond acceptors (Lipinski definition) is 2. The molecule has 0 bridgehead atoms. The molecular formula is C17H14BrClN2O2. The Morgan fingerprint density at radius 2 is 1.91 bits per heavy atom. The number of nitrogens with zero attached hydrogens (tertiary/aromatic N) is 2. The van der Waals surface area contributed by atoms with Gasteiger partial charge in [-0.2, -0.15) is 0 Å². The largest absolute Gasteiger partial charge is 0.506 e. The van der Waals surface area contributed by atoms with Crippen molar-refractivity contribution in [1.82, 2.24) is 9.13 Å². The summed E-state index contributed by atoms with van der Waals surface area (Å²) in [7, 11) is 1.68. The third-order valence-electron chi connectivity index (χ3n) is 3.67. The fourth-order valence-corrected chi connectivity index (χ4v) is 3.32. The summed E-state index contributed by atoms with van der Waals surface area (Å²) in [5, 5.41) is 10.7. The molecule has 0 aliphatic rings. The van der Waals surface area contributed by atoms with Crippen LogP contribution in [0.2, 0.25) is 5.02 Å². The molecule has 1 N–H and O–H groups in total. The summed E-state index contributed by atoms with van der Waals surface area (Å²) in [4.78, 5) is 12.0. The first-order valence-corrected chi connectivity index (χ1v) is 8.09. The number of rotatable bonds is 2. The highest BCUT2D eigenvalue weighted by Gasteiger charge is 2.13. The minimum Gasteiger partial charge on any atom is -0.506 e. The Morgan fingerprint density at radius 3 is 2.52 bits per heavy atom. The topological polar surface area (TPSA) is 47.2 Å². The second-order valence-corrected chi connectivity index (χ2v) is 6.63. The van der Waals surface area contributed by atoms with Gasteiger partial charge >= 0.3 is 5.69 Å². The Hall–Kier alpha value is -1.98. The van der Waals surface area contributed by atoms with Gasteiger partial charge in [0.2, 0.25) is 0 Å². The van der Waals surface area contributed by atoms with E-state index in [1.807, 2.05) is 25.1 Å². The summed E-state index contributed by atoms with van der Waals surface area (Å²) in [6.07, 6.45) is 3.35. The zero-order chi connectivity index (χ0) is 16.7. The van der Waals surface area contributed by atoms with Gasteiger partial charge in [-0.3, -0.25) is 4.57 Å². The zero-order valence-electron chi connectivity index (χ0n) is 12.5. The molecule has 1 heterocycles. The molecule has 1 aromatic heterocycles. The van der Waals surface area contributed by atoms with Crippen LogP contribution in [0.15, 0.2) is 52.0 Å². The Bertz CT molecular complexity index is 960. The van der Waals surface area contributed by atoms with E-state index in [9.17, 15) is 9.90 Å². The average molecular weight is 394 g/mol. The number of aryl methyl sites for hydroxylation is 2. The second-order valence-electron chi connectivity index (χ2n) is 5.37. The molecule has 0 spiro atoms. The molecule has 0 radical (unpaired) electrons. The number of phenolic OH excluding ortho intramolecular Hbond substituents is 1. The van der Waals surface area contributed by atoms with Crippen LogP contribution < -0.4 is 5.69 Å². The Morgan fingerprint density at radius 1 is 1.17 bits per heavy atom. The van der Waals surface area contributed by atoms with Crippen molar-refractivity contribution in [2.24, 2.45) is 7.05 Å². The fourth-order valence-electron chi connectivity index (χ4n) is 2.47. The number of aromatic nitrogens is 2. The lowest BCUT2D eigenvalue weighted by molar-refractivity contribution is 0.474. The monoisotopic (exact) mass is 392 g/mol. The molecule has 0 aliphatic carbocycles. The molecule has 6 heteroatoms. The first-order chi connectivity index (χ1) is 10.9. The van der Waals surface area contributed by atoms with Crippen molar-refractivity contribution in [2.45, 2.75) is 6.92 Å². The second kappa shape index (κ2) is 5.91. The van der Waals surface area contributed by atoms with Gasteiger partial charge in [0.15, 0.2) is 0 Å². The molecule has 3 aromatic rings. The summed E-state index contributed by atoms with van der Waals surface area (Å²) in [6.45, 7) is 1.95. The van der Waals surface area contributed by atoms with Crippen LogP contribution in [0.1, 0.15) is 5.56 Å². The van der Waals surface area contributed by atoms with Crippen molar-refractivity contribution in [2.75, 3.05) is 0 Å². The van der Waals surface area contributed by atoms with Crippen LogP contribution in [-0.4, -0.2) is 14.2 Å². The average Bonchev–Trinajstić information content (AvgIpc) is 2.83. The predicted molar refractivity (Wildman–Crippen MR) is 95.6 cm³/mol. The van der Waals surface area contributed by atoms with Crippen LogP contribution in [0.4, 0.5) is 0 Å². The highest BCUT2D eigenvalue weighted by atomic mass is 79.9. The van der Waals surface area contributed by atoms with Crippen LogP contribution in [0.3, 0.4) is 0 Å². The van der Waals surface area contributed by atoms with Gasteiger partial charge in [-0.1, -0.05) is 17.7 Å². The maximum Gasteiger partial charge on any atom is 0.332 e. The highest BCUT2D eigenvalue weighted by molar-refractivity contribution is 9.10. The predicted octanol–water partition coefficient (Wildman–Crippen LogP) is 4.27. The van der Waals surface area contributed by atoms with Gasteiger partial charge < -0.3 is 9.67 Å². The first-order valence-electron chi connectivity index (χ1n) is 6.92. The van der Waals surface area contributed by atoms with Gasteiger partial charge in [0.25, 0.3) is 0 Å². The summed E-state index contributed by atoms with van der Waals surface area (Å²) >= 11 is 9.71. The molecule has 0 fully saturated rings. The smallest absolute Gasteiger partial charge is 0.332 e. The van der Waals surface area contributed by atoms with Crippen LogP contribution in [0.5, 0.6) is 5.75 Å². The van der Waals surface area contributed by atoms with E-state index in [2.05, 4.69) is 15.9 Å². The van der Waals surface area contributed by atoms with E-state index in [1.54, 1.807) is 31.6 Å². The maximum absolute atomic E-state index is 12.0. The van der Waals surface area contributed by atoms with Crippen molar-refractivity contribution < 1.29 is 5.11 Å². The van der Waals surface area contributed by atoms with E-state index < -0.39 is 0 Å². The SMILES string of the molecule is Cc1cc(Br)c(O)c(-c2ccc(-n3ccn(C)c3=O)c(Cl)c2)c1. The van der Waals surface area contributed by atoms with Gasteiger partial charge in [0.05, 0.1) is 15.2 Å². The number of halogens is 2. The van der Waals surface area contributed by atoms with Crippen molar-refractivity contribution in [3.05, 3.63) is 68.3 Å². The minimum absolute atomic E-state index is 0.163. The van der Waals surface area contributed by atoms with E-state index in [0.29, 0.717) is 20.7 Å². The third-order valence-corrected chi connectivity index (χ3v) is 4.58. The number of phenols is 1. The molecule has 3 rings (SSSR count). The molecule has 0 saturated heterocycles. The molecule has 0 atom stereocenters. The first kappa shape index (κ1) is 15.9. The Labute approximate surface area is 146 Å². The molecule has 23 heavy (non-hydrogen) atoms. The van der Waals surface area contributed by atoms with E-state index >= 15 is 0 Å². The summed E-state index contributed by atoms with van der Waals surface area (Å²) < 4.78 is 3.60. The molecule has 0 aliphatic heterocycles. The lowest BCUT2D eigenvalue weighted by atomic mass is 10.0. The summed E-state index contributed by atoms with van der Waals surface area (Å²) in [6, 6.07) is 9.09. The quantitative estimate of drug-likeness (QED) is 0.706. The normalized spacial score (nSPS) is 11.0. The van der Waals surface area contributed by atoms with E-state index in [1.165, 1.54) is 9.13 Å². The van der Waals surface area contributed by atoms with E-state index in [0.717, 1.165) is 11.1 Å².